The van der Waals surface area contributed by atoms with Crippen molar-refractivity contribution in [3.63, 3.8) is 0 Å². The van der Waals surface area contributed by atoms with Crippen molar-refractivity contribution in [2.75, 3.05) is 0 Å². The summed E-state index contributed by atoms with van der Waals surface area (Å²) in [6.45, 7) is 0. The van der Waals surface area contributed by atoms with Crippen LogP contribution in [0, 0.1) is 0 Å². The molecule has 0 fully saturated rings. The summed E-state index contributed by atoms with van der Waals surface area (Å²) in [4.78, 5) is 0. The second-order valence-corrected chi connectivity index (χ2v) is 13.5. The van der Waals surface area contributed by atoms with E-state index in [0.717, 1.165) is 37.8 Å². The monoisotopic (exact) mass is 554 g/mol. The highest BCUT2D eigenvalue weighted by molar-refractivity contribution is 7.85. The van der Waals surface area contributed by atoms with Crippen LogP contribution in [0.15, 0.2) is 164 Å². The Kier molecular flexibility index (Phi) is 5.81. The Morgan fingerprint density at radius 2 is 0.786 bits per heavy atom. The van der Waals surface area contributed by atoms with Crippen LogP contribution < -0.4 is 15.9 Å². The van der Waals surface area contributed by atoms with E-state index in [4.69, 9.17) is 0 Å². The van der Waals surface area contributed by atoms with E-state index >= 15 is 4.57 Å². The highest BCUT2D eigenvalue weighted by atomic mass is 31.2. The van der Waals surface area contributed by atoms with Crippen molar-refractivity contribution in [2.24, 2.45) is 0 Å². The molecule has 0 spiro atoms. The van der Waals surface area contributed by atoms with Crippen molar-refractivity contribution in [2.45, 2.75) is 0 Å². The van der Waals surface area contributed by atoms with Crippen LogP contribution in [-0.2, 0) is 4.57 Å². The number of benzene rings is 8. The van der Waals surface area contributed by atoms with Gasteiger partial charge in [-0.15, -0.1) is 0 Å². The minimum atomic E-state index is -3.13. The summed E-state index contributed by atoms with van der Waals surface area (Å²) in [5, 5.41) is 12.3. The lowest BCUT2D eigenvalue weighted by Crippen LogP contribution is -2.25. The van der Waals surface area contributed by atoms with Gasteiger partial charge < -0.3 is 4.57 Å². The zero-order chi connectivity index (χ0) is 28.1. The smallest absolute Gasteiger partial charge is 0.171 e. The summed E-state index contributed by atoms with van der Waals surface area (Å²) in [6.07, 6.45) is 0. The van der Waals surface area contributed by atoms with Crippen LogP contribution in [-0.4, -0.2) is 0 Å². The first-order valence-corrected chi connectivity index (χ1v) is 16.0. The van der Waals surface area contributed by atoms with Gasteiger partial charge in [-0.3, -0.25) is 0 Å². The number of fused-ring (bicyclic) bond motifs is 7. The fourth-order valence-electron chi connectivity index (χ4n) is 6.60. The van der Waals surface area contributed by atoms with Gasteiger partial charge >= 0.3 is 0 Å². The molecule has 8 aromatic rings. The second kappa shape index (κ2) is 9.84. The summed E-state index contributed by atoms with van der Waals surface area (Å²) >= 11 is 0. The van der Waals surface area contributed by atoms with Gasteiger partial charge in [0.25, 0.3) is 0 Å². The van der Waals surface area contributed by atoms with Crippen molar-refractivity contribution >= 4 is 66.1 Å². The molecule has 0 heterocycles. The Morgan fingerprint density at radius 3 is 1.38 bits per heavy atom. The van der Waals surface area contributed by atoms with Crippen LogP contribution in [0.4, 0.5) is 0 Å². The fraction of sp³-hybridized carbons (Fsp3) is 0. The lowest BCUT2D eigenvalue weighted by atomic mass is 9.91. The van der Waals surface area contributed by atoms with E-state index in [1.807, 2.05) is 66.7 Å². The second-order valence-electron chi connectivity index (χ2n) is 10.8. The molecule has 2 heteroatoms. The van der Waals surface area contributed by atoms with Crippen molar-refractivity contribution in [1.82, 2.24) is 0 Å². The molecule has 0 bridgehead atoms. The third-order valence-electron chi connectivity index (χ3n) is 8.53. The van der Waals surface area contributed by atoms with Crippen LogP contribution in [0.2, 0.25) is 0 Å². The number of rotatable bonds is 4. The molecule has 0 atom stereocenters. The lowest BCUT2D eigenvalue weighted by molar-refractivity contribution is 0.592. The fourth-order valence-corrected chi connectivity index (χ4v) is 9.47. The molecule has 198 valence electrons. The Morgan fingerprint density at radius 1 is 0.333 bits per heavy atom. The highest BCUT2D eigenvalue weighted by Gasteiger charge is 2.31. The average molecular weight is 555 g/mol. The first kappa shape index (κ1) is 24.8. The molecule has 0 unspecified atom stereocenters. The van der Waals surface area contributed by atoms with Crippen molar-refractivity contribution in [1.29, 1.82) is 0 Å². The van der Waals surface area contributed by atoms with Crippen LogP contribution in [0.1, 0.15) is 0 Å². The van der Waals surface area contributed by atoms with E-state index in [9.17, 15) is 0 Å². The molecule has 0 aromatic heterocycles. The van der Waals surface area contributed by atoms with Gasteiger partial charge in [-0.2, -0.15) is 0 Å². The zero-order valence-electron chi connectivity index (χ0n) is 22.9. The summed E-state index contributed by atoms with van der Waals surface area (Å²) in [7, 11) is -3.13. The molecule has 0 aliphatic rings. The molecule has 0 saturated heterocycles. The molecule has 0 amide bonds. The van der Waals surface area contributed by atoms with Crippen molar-refractivity contribution in [3.8, 4) is 11.1 Å². The Bertz CT molecular complexity index is 2240. The zero-order valence-corrected chi connectivity index (χ0v) is 23.8. The first-order valence-electron chi connectivity index (χ1n) is 14.3. The largest absolute Gasteiger partial charge is 0.309 e. The van der Waals surface area contributed by atoms with Gasteiger partial charge in [0, 0.05) is 15.9 Å². The van der Waals surface area contributed by atoms with Gasteiger partial charge in [-0.25, -0.2) is 0 Å². The molecule has 0 N–H and O–H groups in total. The molecular formula is C40H27OP. The molecule has 42 heavy (non-hydrogen) atoms. The molecule has 8 rings (SSSR count). The minimum absolute atomic E-state index is 0.846. The van der Waals surface area contributed by atoms with Gasteiger partial charge in [-0.1, -0.05) is 158 Å². The van der Waals surface area contributed by atoms with E-state index in [1.165, 1.54) is 32.3 Å². The standard InChI is InChI=1S/C40H27OP/c41-42(29-13-3-1-4-14-29,30-15-5-2-6-16-30)40-24-12-22-32-31(21-11-23-38(32)40)28-25-26-37-35-19-8-7-17-33(35)34-18-9-10-20-36(34)39(37)27-28/h1-27H. The number of hydrogen-bond donors (Lipinski definition) is 0. The van der Waals surface area contributed by atoms with E-state index in [0.29, 0.717) is 0 Å². The summed E-state index contributed by atoms with van der Waals surface area (Å²) < 4.78 is 15.3. The lowest BCUT2D eigenvalue weighted by Gasteiger charge is -2.22. The predicted molar refractivity (Wildman–Crippen MR) is 181 cm³/mol. The molecular weight excluding hydrogens is 527 g/mol. The Hall–Kier alpha value is -4.97. The van der Waals surface area contributed by atoms with Crippen LogP contribution in [0.25, 0.3) is 54.2 Å². The van der Waals surface area contributed by atoms with E-state index in [1.54, 1.807) is 0 Å². The topological polar surface area (TPSA) is 17.1 Å². The molecule has 1 nitrogen and oxygen atoms in total. The van der Waals surface area contributed by atoms with E-state index in [-0.39, 0.29) is 0 Å². The maximum Gasteiger partial charge on any atom is 0.171 e. The van der Waals surface area contributed by atoms with Gasteiger partial charge in [0.05, 0.1) is 0 Å². The normalized spacial score (nSPS) is 11.9. The van der Waals surface area contributed by atoms with Crippen molar-refractivity contribution in [3.05, 3.63) is 164 Å². The third-order valence-corrected chi connectivity index (χ3v) is 11.7. The summed E-state index contributed by atoms with van der Waals surface area (Å²) in [6, 6.07) is 56.7. The van der Waals surface area contributed by atoms with E-state index < -0.39 is 7.14 Å². The summed E-state index contributed by atoms with van der Waals surface area (Å²) in [5.74, 6) is 0. The quantitative estimate of drug-likeness (QED) is 0.156. The molecule has 0 radical (unpaired) electrons. The van der Waals surface area contributed by atoms with Crippen LogP contribution in [0.3, 0.4) is 0 Å². The van der Waals surface area contributed by atoms with Gasteiger partial charge in [0.1, 0.15) is 0 Å². The summed E-state index contributed by atoms with van der Waals surface area (Å²) in [5.41, 5.74) is 2.29. The number of hydrogen-bond acceptors (Lipinski definition) is 1. The molecule has 0 aliphatic carbocycles. The SMILES string of the molecule is O=P(c1ccccc1)(c1ccccc1)c1cccc2c(-c3ccc4c5ccccc5c5ccccc5c4c3)cccc12. The van der Waals surface area contributed by atoms with Crippen molar-refractivity contribution < 1.29 is 4.57 Å². The Labute approximate surface area is 245 Å². The molecule has 0 saturated carbocycles. The molecule has 0 aliphatic heterocycles. The van der Waals surface area contributed by atoms with E-state index in [2.05, 4.69) is 97.1 Å². The van der Waals surface area contributed by atoms with Gasteiger partial charge in [0.2, 0.25) is 0 Å². The first-order chi connectivity index (χ1) is 20.7. The highest BCUT2D eigenvalue weighted by Crippen LogP contribution is 2.45. The average Bonchev–Trinajstić information content (AvgIpc) is 3.08. The molecule has 8 aromatic carbocycles. The third kappa shape index (κ3) is 3.75. The maximum atomic E-state index is 15.3. The minimum Gasteiger partial charge on any atom is -0.309 e. The maximum absolute atomic E-state index is 15.3. The van der Waals surface area contributed by atoms with Gasteiger partial charge in [-0.05, 0) is 60.3 Å². The van der Waals surface area contributed by atoms with Gasteiger partial charge in [0.15, 0.2) is 7.14 Å². The Balaban J connectivity index is 1.40. The van der Waals surface area contributed by atoms with Crippen LogP contribution in [0.5, 0.6) is 0 Å². The van der Waals surface area contributed by atoms with Crippen LogP contribution >= 0.6 is 7.14 Å². The predicted octanol–water partition coefficient (Wildman–Crippen LogP) is 9.61.